The van der Waals surface area contributed by atoms with Crippen LogP contribution in [0, 0.1) is 6.92 Å². The Balaban J connectivity index is 0.000000193. The monoisotopic (exact) mass is 806 g/mol. The van der Waals surface area contributed by atoms with Crippen LogP contribution in [-0.4, -0.2) is 117 Å². The summed E-state index contributed by atoms with van der Waals surface area (Å²) < 4.78 is 64.9. The number of anilines is 2. The van der Waals surface area contributed by atoms with E-state index < -0.39 is 24.0 Å². The van der Waals surface area contributed by atoms with Gasteiger partial charge in [-0.1, -0.05) is 13.3 Å². The predicted molar refractivity (Wildman–Crippen MR) is 195 cm³/mol. The number of nitrogens with zero attached hydrogens (tertiary/aromatic N) is 10. The van der Waals surface area contributed by atoms with Crippen LogP contribution in [0.5, 0.6) is 0 Å². The maximum Gasteiger partial charge on any atom is 1.00 e. The maximum atomic E-state index is 13.2. The zero-order valence-electron chi connectivity index (χ0n) is 31.1. The molecule has 296 valence electrons. The summed E-state index contributed by atoms with van der Waals surface area (Å²) in [5.41, 5.74) is 1.67. The number of Topliss-reactive ketones (excluding diaryl/α,β-unsaturated/α-hetero) is 1. The van der Waals surface area contributed by atoms with Gasteiger partial charge in [-0.05, 0) is 61.7 Å². The number of unbranched alkanes of at least 4 members (excludes halogenated alkanes) is 1. The number of imidazole rings is 2. The number of ketones is 1. The third kappa shape index (κ3) is 10.4. The van der Waals surface area contributed by atoms with E-state index in [1.165, 1.54) is 6.42 Å². The van der Waals surface area contributed by atoms with Crippen molar-refractivity contribution in [2.45, 2.75) is 76.9 Å². The molecule has 4 aromatic rings. The van der Waals surface area contributed by atoms with E-state index in [1.807, 2.05) is 4.57 Å². The average Bonchev–Trinajstić information content (AvgIpc) is 3.80. The molecule has 4 aromatic heterocycles. The Morgan fingerprint density at radius 1 is 0.782 bits per heavy atom. The molecule has 0 spiro atoms. The van der Waals surface area contributed by atoms with Gasteiger partial charge in [0.05, 0.1) is 32.8 Å². The van der Waals surface area contributed by atoms with E-state index in [2.05, 4.69) is 48.7 Å². The van der Waals surface area contributed by atoms with Crippen molar-refractivity contribution in [2.75, 3.05) is 75.6 Å². The van der Waals surface area contributed by atoms with Crippen molar-refractivity contribution in [3.8, 4) is 0 Å². The number of hydrogen-bond donors (Lipinski definition) is 0. The fourth-order valence-corrected chi connectivity index (χ4v) is 6.76. The zero-order valence-corrected chi connectivity index (χ0v) is 32.6. The second kappa shape index (κ2) is 20.0. The van der Waals surface area contributed by atoms with Crippen molar-refractivity contribution in [1.82, 2.24) is 39.0 Å². The molecule has 4 aliphatic heterocycles. The molecule has 0 amide bonds. The Kier molecular flexibility index (Phi) is 15.8. The molecule has 0 aliphatic carbocycles. The molecule has 21 heteroatoms. The van der Waals surface area contributed by atoms with Gasteiger partial charge in [0.15, 0.2) is 39.8 Å². The molecule has 4 aliphatic rings. The first-order valence-corrected chi connectivity index (χ1v) is 19.0. The van der Waals surface area contributed by atoms with Crippen LogP contribution in [0.3, 0.4) is 0 Å². The van der Waals surface area contributed by atoms with E-state index >= 15 is 0 Å². The Hall–Kier alpha value is -2.82. The van der Waals surface area contributed by atoms with Crippen LogP contribution >= 0.6 is 23.2 Å². The van der Waals surface area contributed by atoms with Gasteiger partial charge in [0.2, 0.25) is 10.6 Å². The summed E-state index contributed by atoms with van der Waals surface area (Å²) >= 11 is 12.2. The molecule has 2 atom stereocenters. The second-order valence-electron chi connectivity index (χ2n) is 13.0. The van der Waals surface area contributed by atoms with Crippen LogP contribution in [-0.2, 0) is 18.9 Å². The number of halogens is 5. The molecule has 15 nitrogen and oxygen atoms in total. The Labute approximate surface area is 338 Å². The number of rotatable bonds is 6. The van der Waals surface area contributed by atoms with Gasteiger partial charge in [0, 0.05) is 39.4 Å². The van der Waals surface area contributed by atoms with Gasteiger partial charge in [-0.2, -0.15) is 39.5 Å². The zero-order chi connectivity index (χ0) is 38.2. The normalized spacial score (nSPS) is 20.6. The molecule has 55 heavy (non-hydrogen) atoms. The van der Waals surface area contributed by atoms with E-state index in [-0.39, 0.29) is 52.6 Å². The third-order valence-electron chi connectivity index (χ3n) is 9.21. The molecule has 0 N–H and O–H groups in total. The second-order valence-corrected chi connectivity index (χ2v) is 13.6. The molecule has 2 unspecified atom stereocenters. The number of carbonyl (C=O) groups is 1. The number of ether oxygens (including phenoxy) is 4. The van der Waals surface area contributed by atoms with Gasteiger partial charge in [-0.15, -0.1) is 0 Å². The molecular formula is C34H44Cl2F3LiN10O5. The molecule has 4 saturated heterocycles. The molecular weight excluding hydrogens is 763 g/mol. The van der Waals surface area contributed by atoms with Crippen molar-refractivity contribution in [3.05, 3.63) is 29.6 Å². The van der Waals surface area contributed by atoms with Gasteiger partial charge < -0.3 is 35.7 Å². The van der Waals surface area contributed by atoms with E-state index in [0.717, 1.165) is 79.8 Å². The summed E-state index contributed by atoms with van der Waals surface area (Å²) in [4.78, 5) is 41.6. The smallest absolute Gasteiger partial charge is 0.378 e. The number of fused-ring (bicyclic) bond motifs is 2. The quantitative estimate of drug-likeness (QED) is 0.122. The predicted octanol–water partition coefficient (Wildman–Crippen LogP) is 3.40. The fraction of sp³-hybridized carbons (Fsp3) is 0.647. The Morgan fingerprint density at radius 2 is 1.29 bits per heavy atom. The van der Waals surface area contributed by atoms with E-state index in [0.29, 0.717) is 52.5 Å². The van der Waals surface area contributed by atoms with Gasteiger partial charge in [0.1, 0.15) is 12.5 Å². The molecule has 0 bridgehead atoms. The third-order valence-corrected chi connectivity index (χ3v) is 9.55. The molecule has 0 saturated carbocycles. The van der Waals surface area contributed by atoms with Crippen molar-refractivity contribution < 1.29 is 55.8 Å². The van der Waals surface area contributed by atoms with E-state index in [1.54, 1.807) is 11.2 Å². The summed E-state index contributed by atoms with van der Waals surface area (Å²) in [7, 11) is 0. The first kappa shape index (κ1) is 43.3. The largest absolute Gasteiger partial charge is 1.00 e. The van der Waals surface area contributed by atoms with E-state index in [4.69, 9.17) is 42.1 Å². The Bertz CT molecular complexity index is 1860. The summed E-state index contributed by atoms with van der Waals surface area (Å²) in [5.74, 6) is -1.75. The number of morpholine rings is 2. The molecule has 8 heterocycles. The number of aromatic nitrogens is 8. The standard InChI is InChI=1S/C16H17ClF3N5O3.C14H18ClN5O2.C4H9.Li/c17-15-22-12(24-4-7-27-8-5-24)10-13(23-15)25(9-3-1-2-6-28-9)14(21-10)11(26)16(18,19)20;15-14-17-12(19-4-7-21-8-5-19)11-13(18-14)20(9-16-11)10-3-1-2-6-22-10;1-3-4-2;/h9H,1-8H2;9-10H,1-8H2;1,3-4H2,2H3;/q;;-1;+1. The van der Waals surface area contributed by atoms with Gasteiger partial charge in [0.25, 0.3) is 0 Å². The fourth-order valence-electron chi connectivity index (χ4n) is 6.44. The minimum absolute atomic E-state index is 0. The number of hydrogen-bond acceptors (Lipinski definition) is 13. The number of alkyl halides is 3. The van der Waals surface area contributed by atoms with Crippen LogP contribution in [0.15, 0.2) is 6.33 Å². The van der Waals surface area contributed by atoms with Crippen LogP contribution in [0.4, 0.5) is 24.8 Å². The van der Waals surface area contributed by atoms with Crippen LogP contribution in [0.2, 0.25) is 10.6 Å². The SMILES string of the molecule is Clc1nc(N2CCOCC2)c2ncn(C3CCCCO3)c2n1.O=C(c1nc2c(N3CCOCC3)nc(Cl)nc2n1C1CCCCO1)C(F)(F)F.[CH2-]CCC.[Li+]. The minimum atomic E-state index is -5.08. The Morgan fingerprint density at radius 3 is 1.78 bits per heavy atom. The first-order valence-electron chi connectivity index (χ1n) is 18.3. The maximum absolute atomic E-state index is 13.2. The van der Waals surface area contributed by atoms with Gasteiger partial charge in [-0.25, -0.2) is 9.97 Å². The van der Waals surface area contributed by atoms with Gasteiger partial charge >= 0.3 is 30.8 Å². The van der Waals surface area contributed by atoms with Crippen molar-refractivity contribution in [3.63, 3.8) is 0 Å². The molecule has 4 fully saturated rings. The molecule has 0 aromatic carbocycles. The summed E-state index contributed by atoms with van der Waals surface area (Å²) in [6.07, 6.45) is 3.42. The average molecular weight is 808 g/mol. The van der Waals surface area contributed by atoms with Crippen LogP contribution < -0.4 is 28.7 Å². The number of carbonyl (C=O) groups excluding carboxylic acids is 1. The summed E-state index contributed by atoms with van der Waals surface area (Å²) in [6, 6.07) is 0. The summed E-state index contributed by atoms with van der Waals surface area (Å²) in [6.45, 7) is 11.6. The molecule has 8 rings (SSSR count). The van der Waals surface area contributed by atoms with Crippen LogP contribution in [0.1, 0.15) is 81.4 Å². The van der Waals surface area contributed by atoms with Crippen molar-refractivity contribution in [2.24, 2.45) is 0 Å². The minimum Gasteiger partial charge on any atom is -0.378 e. The van der Waals surface area contributed by atoms with Crippen molar-refractivity contribution >= 4 is 62.9 Å². The van der Waals surface area contributed by atoms with Crippen LogP contribution in [0.25, 0.3) is 22.3 Å². The van der Waals surface area contributed by atoms with Crippen molar-refractivity contribution in [1.29, 1.82) is 0 Å². The first-order chi connectivity index (χ1) is 26.1. The van der Waals surface area contributed by atoms with Gasteiger partial charge in [-0.3, -0.25) is 13.9 Å². The van der Waals surface area contributed by atoms with E-state index in [9.17, 15) is 18.0 Å². The molecule has 0 radical (unpaired) electrons. The topological polar surface area (TPSA) is 148 Å². The summed E-state index contributed by atoms with van der Waals surface area (Å²) in [5, 5.41) is 0.100.